The van der Waals surface area contributed by atoms with E-state index in [9.17, 15) is 4.79 Å². The summed E-state index contributed by atoms with van der Waals surface area (Å²) in [4.78, 5) is 12.4. The van der Waals surface area contributed by atoms with Gasteiger partial charge in [0.15, 0.2) is 11.5 Å². The predicted molar refractivity (Wildman–Crippen MR) is 101 cm³/mol. The van der Waals surface area contributed by atoms with Crippen LogP contribution in [0, 0.1) is 0 Å². The van der Waals surface area contributed by atoms with E-state index in [1.54, 1.807) is 11.8 Å². The molecule has 1 aliphatic heterocycles. The molecule has 0 saturated heterocycles. The average molecular weight is 414 g/mol. The van der Waals surface area contributed by atoms with Gasteiger partial charge in [-0.25, -0.2) is 0 Å². The van der Waals surface area contributed by atoms with Gasteiger partial charge in [0.1, 0.15) is 13.2 Å². The molecule has 1 N–H and O–H groups in total. The van der Waals surface area contributed by atoms with Crippen LogP contribution in [0.4, 0.5) is 0 Å². The van der Waals surface area contributed by atoms with Crippen molar-refractivity contribution in [3.63, 3.8) is 0 Å². The molecule has 1 aromatic carbocycles. The number of benzene rings is 1. The Labute approximate surface area is 156 Å². The lowest BCUT2D eigenvalue weighted by Gasteiger charge is -2.24. The van der Waals surface area contributed by atoms with Crippen molar-refractivity contribution in [3.05, 3.63) is 22.2 Å². The Hall–Kier alpha value is -0.880. The molecule has 0 spiro atoms. The van der Waals surface area contributed by atoms with E-state index in [-0.39, 0.29) is 11.2 Å². The molecule has 0 radical (unpaired) electrons. The lowest BCUT2D eigenvalue weighted by molar-refractivity contribution is -0.121. The van der Waals surface area contributed by atoms with E-state index in [1.807, 2.05) is 19.1 Å². The Morgan fingerprint density at radius 1 is 1.25 bits per heavy atom. The van der Waals surface area contributed by atoms with Crippen molar-refractivity contribution in [2.45, 2.75) is 56.1 Å². The van der Waals surface area contributed by atoms with Crippen LogP contribution in [0.3, 0.4) is 0 Å². The Kier molecular flexibility index (Phi) is 6.33. The Bertz CT molecular complexity index is 590. The van der Waals surface area contributed by atoms with E-state index in [4.69, 9.17) is 9.47 Å². The second-order valence-electron chi connectivity index (χ2n) is 6.38. The molecule has 0 aromatic heterocycles. The number of hydrogen-bond donors (Lipinski definition) is 1. The molecule has 1 amide bonds. The number of amides is 1. The van der Waals surface area contributed by atoms with Gasteiger partial charge in [0, 0.05) is 16.3 Å². The summed E-state index contributed by atoms with van der Waals surface area (Å²) in [6.45, 7) is 3.15. The molecule has 1 aliphatic carbocycles. The quantitative estimate of drug-likeness (QED) is 0.781. The molecule has 24 heavy (non-hydrogen) atoms. The zero-order chi connectivity index (χ0) is 16.9. The van der Waals surface area contributed by atoms with Crippen molar-refractivity contribution >= 4 is 33.6 Å². The van der Waals surface area contributed by atoms with E-state index >= 15 is 0 Å². The van der Waals surface area contributed by atoms with Crippen LogP contribution in [0.25, 0.3) is 0 Å². The molecule has 2 aliphatic rings. The van der Waals surface area contributed by atoms with Gasteiger partial charge in [-0.05, 0) is 37.5 Å². The molecule has 6 heteroatoms. The molecule has 1 saturated carbocycles. The molecular formula is C18H24BrNO3S. The third kappa shape index (κ3) is 4.60. The van der Waals surface area contributed by atoms with Gasteiger partial charge >= 0.3 is 0 Å². The number of thioether (sulfide) groups is 1. The molecule has 1 aromatic rings. The number of fused-ring (bicyclic) bond motifs is 1. The highest BCUT2D eigenvalue weighted by Gasteiger charge is 2.21. The van der Waals surface area contributed by atoms with Gasteiger partial charge in [-0.3, -0.25) is 4.79 Å². The fourth-order valence-corrected chi connectivity index (χ4v) is 4.61. The normalized spacial score (nSPS) is 18.9. The minimum atomic E-state index is -0.0629. The van der Waals surface area contributed by atoms with Gasteiger partial charge in [0.05, 0.1) is 5.25 Å². The third-order valence-electron chi connectivity index (χ3n) is 4.52. The fourth-order valence-electron chi connectivity index (χ4n) is 3.07. The first kappa shape index (κ1) is 17.9. The first-order valence-electron chi connectivity index (χ1n) is 8.63. The monoisotopic (exact) mass is 413 g/mol. The summed E-state index contributed by atoms with van der Waals surface area (Å²) < 4.78 is 12.2. The Morgan fingerprint density at radius 2 is 1.92 bits per heavy atom. The maximum atomic E-state index is 12.4. The van der Waals surface area contributed by atoms with E-state index in [2.05, 4.69) is 21.2 Å². The molecule has 1 fully saturated rings. The van der Waals surface area contributed by atoms with Gasteiger partial charge in [-0.15, -0.1) is 11.8 Å². The summed E-state index contributed by atoms with van der Waals surface area (Å²) in [5.41, 5.74) is 1.13. The first-order valence-corrected chi connectivity index (χ1v) is 10.5. The maximum Gasteiger partial charge on any atom is 0.233 e. The zero-order valence-corrected chi connectivity index (χ0v) is 16.4. The van der Waals surface area contributed by atoms with E-state index in [1.165, 1.54) is 19.3 Å². The van der Waals surface area contributed by atoms with Crippen molar-refractivity contribution in [1.29, 1.82) is 0 Å². The summed E-state index contributed by atoms with van der Waals surface area (Å²) in [7, 11) is 0. The van der Waals surface area contributed by atoms with Gasteiger partial charge in [-0.2, -0.15) is 0 Å². The number of carbonyl (C=O) groups excluding carboxylic acids is 1. The summed E-state index contributed by atoms with van der Waals surface area (Å²) in [5, 5.41) is 3.14. The molecule has 1 atom stereocenters. The van der Waals surface area contributed by atoms with Crippen molar-refractivity contribution < 1.29 is 14.3 Å². The third-order valence-corrected chi connectivity index (χ3v) is 6.45. The molecule has 1 unspecified atom stereocenters. The van der Waals surface area contributed by atoms with Crippen LogP contribution in [0.1, 0.15) is 44.6 Å². The number of carbonyl (C=O) groups is 1. The summed E-state index contributed by atoms with van der Waals surface area (Å²) in [6.07, 6.45) is 6.01. The lowest BCUT2D eigenvalue weighted by Crippen LogP contribution is -2.40. The van der Waals surface area contributed by atoms with Crippen LogP contribution in [0.5, 0.6) is 11.5 Å². The van der Waals surface area contributed by atoms with Crippen molar-refractivity contribution in [1.82, 2.24) is 5.32 Å². The van der Waals surface area contributed by atoms with Gasteiger partial charge in [0.25, 0.3) is 0 Å². The Morgan fingerprint density at radius 3 is 2.62 bits per heavy atom. The highest BCUT2D eigenvalue weighted by molar-refractivity contribution is 9.10. The van der Waals surface area contributed by atoms with Gasteiger partial charge in [0.2, 0.25) is 5.91 Å². The second kappa shape index (κ2) is 8.48. The minimum absolute atomic E-state index is 0.0629. The van der Waals surface area contributed by atoms with Crippen molar-refractivity contribution in [3.8, 4) is 11.5 Å². The number of nitrogens with one attached hydrogen (secondary N) is 1. The standard InChI is InChI=1S/C18H24BrNO3S/c1-12(18(21)20-14-5-3-2-4-6-14)24-11-13-9-16-17(10-15(13)19)23-8-7-22-16/h9-10,12,14H,2-8,11H2,1H3,(H,20,21). The highest BCUT2D eigenvalue weighted by atomic mass is 79.9. The Balaban J connectivity index is 1.53. The molecule has 4 nitrogen and oxygen atoms in total. The highest BCUT2D eigenvalue weighted by Crippen LogP contribution is 2.37. The molecule has 1 heterocycles. The van der Waals surface area contributed by atoms with E-state index in [0.717, 1.165) is 40.1 Å². The van der Waals surface area contributed by atoms with Crippen LogP contribution >= 0.6 is 27.7 Å². The molecule has 132 valence electrons. The maximum absolute atomic E-state index is 12.4. The zero-order valence-electron chi connectivity index (χ0n) is 14.0. The molecular weight excluding hydrogens is 390 g/mol. The summed E-state index contributed by atoms with van der Waals surface area (Å²) in [5.74, 6) is 2.49. The van der Waals surface area contributed by atoms with Crippen LogP contribution in [0.2, 0.25) is 0 Å². The van der Waals surface area contributed by atoms with Crippen molar-refractivity contribution in [2.75, 3.05) is 13.2 Å². The number of hydrogen-bond acceptors (Lipinski definition) is 4. The predicted octanol–water partition coefficient (Wildman–Crippen LogP) is 4.29. The fraction of sp³-hybridized carbons (Fsp3) is 0.611. The van der Waals surface area contributed by atoms with Crippen LogP contribution in [-0.2, 0) is 10.5 Å². The van der Waals surface area contributed by atoms with E-state index in [0.29, 0.717) is 19.3 Å². The van der Waals surface area contributed by atoms with Gasteiger partial charge < -0.3 is 14.8 Å². The van der Waals surface area contributed by atoms with Crippen LogP contribution in [0.15, 0.2) is 16.6 Å². The number of halogens is 1. The average Bonchev–Trinajstić information content (AvgIpc) is 2.60. The molecule has 0 bridgehead atoms. The smallest absolute Gasteiger partial charge is 0.233 e. The van der Waals surface area contributed by atoms with Crippen LogP contribution < -0.4 is 14.8 Å². The second-order valence-corrected chi connectivity index (χ2v) is 8.57. The topological polar surface area (TPSA) is 47.6 Å². The molecule has 3 rings (SSSR count). The van der Waals surface area contributed by atoms with E-state index < -0.39 is 0 Å². The summed E-state index contributed by atoms with van der Waals surface area (Å²) >= 11 is 5.25. The van der Waals surface area contributed by atoms with Crippen LogP contribution in [-0.4, -0.2) is 30.4 Å². The summed E-state index contributed by atoms with van der Waals surface area (Å²) in [6, 6.07) is 4.34. The SMILES string of the molecule is CC(SCc1cc2c(cc1Br)OCCO2)C(=O)NC1CCCCC1. The van der Waals surface area contributed by atoms with Gasteiger partial charge in [-0.1, -0.05) is 35.2 Å². The van der Waals surface area contributed by atoms with Crippen molar-refractivity contribution in [2.24, 2.45) is 0 Å². The largest absolute Gasteiger partial charge is 0.486 e. The lowest BCUT2D eigenvalue weighted by atomic mass is 9.95. The first-order chi connectivity index (χ1) is 11.6. The number of rotatable bonds is 5. The number of ether oxygens (including phenoxy) is 2. The minimum Gasteiger partial charge on any atom is -0.486 e.